The molecule has 0 saturated heterocycles. The summed E-state index contributed by atoms with van der Waals surface area (Å²) in [5.41, 5.74) is 2.06. The lowest BCUT2D eigenvalue weighted by atomic mass is 10.1. The first-order chi connectivity index (χ1) is 6.75. The van der Waals surface area contributed by atoms with Crippen molar-refractivity contribution in [3.05, 3.63) is 51.2 Å². The van der Waals surface area contributed by atoms with Crippen molar-refractivity contribution in [2.75, 3.05) is 0 Å². The third kappa shape index (κ3) is 2.25. The minimum Gasteiger partial charge on any atom is -0.255 e. The van der Waals surface area contributed by atoms with E-state index in [9.17, 15) is 0 Å². The van der Waals surface area contributed by atoms with E-state index in [2.05, 4.69) is 27.6 Å². The van der Waals surface area contributed by atoms with Gasteiger partial charge in [-0.25, -0.2) is 0 Å². The van der Waals surface area contributed by atoms with Gasteiger partial charge in [0.1, 0.15) is 0 Å². The highest BCUT2D eigenvalue weighted by atomic mass is 127. The SMILES string of the molecule is Clc1ccc(-c2ccc(I)cn2)cc1. The van der Waals surface area contributed by atoms with Crippen molar-refractivity contribution in [3.63, 3.8) is 0 Å². The Morgan fingerprint density at radius 1 is 1.00 bits per heavy atom. The van der Waals surface area contributed by atoms with Crippen LogP contribution in [0.1, 0.15) is 0 Å². The average Bonchev–Trinajstić information content (AvgIpc) is 2.21. The van der Waals surface area contributed by atoms with Crippen LogP contribution in [0, 0.1) is 3.57 Å². The van der Waals surface area contributed by atoms with Crippen LogP contribution in [0.3, 0.4) is 0 Å². The first-order valence-corrected chi connectivity index (χ1v) is 5.59. The van der Waals surface area contributed by atoms with Gasteiger partial charge in [0.2, 0.25) is 0 Å². The number of benzene rings is 1. The van der Waals surface area contributed by atoms with E-state index in [0.29, 0.717) is 0 Å². The van der Waals surface area contributed by atoms with Crippen molar-refractivity contribution in [1.82, 2.24) is 4.98 Å². The number of nitrogens with zero attached hydrogens (tertiary/aromatic N) is 1. The predicted octanol–water partition coefficient (Wildman–Crippen LogP) is 4.01. The molecule has 1 aromatic carbocycles. The molecule has 0 fully saturated rings. The van der Waals surface area contributed by atoms with Crippen molar-refractivity contribution in [2.45, 2.75) is 0 Å². The van der Waals surface area contributed by atoms with E-state index in [1.54, 1.807) is 0 Å². The van der Waals surface area contributed by atoms with Gasteiger partial charge in [0.25, 0.3) is 0 Å². The standard InChI is InChI=1S/C11H7ClIN/c12-9-3-1-8(2-4-9)11-6-5-10(13)7-14-11/h1-7H. The first kappa shape index (κ1) is 9.93. The van der Waals surface area contributed by atoms with Crippen LogP contribution < -0.4 is 0 Å². The molecule has 2 aromatic rings. The summed E-state index contributed by atoms with van der Waals surface area (Å²) < 4.78 is 1.14. The summed E-state index contributed by atoms with van der Waals surface area (Å²) in [6.07, 6.45) is 1.85. The van der Waals surface area contributed by atoms with Gasteiger partial charge in [-0.3, -0.25) is 4.98 Å². The lowest BCUT2D eigenvalue weighted by molar-refractivity contribution is 1.31. The van der Waals surface area contributed by atoms with Crippen LogP contribution in [-0.2, 0) is 0 Å². The second-order valence-corrected chi connectivity index (χ2v) is 4.55. The number of halogens is 2. The predicted molar refractivity (Wildman–Crippen MR) is 67.4 cm³/mol. The minimum absolute atomic E-state index is 0.749. The molecular formula is C11H7ClIN. The van der Waals surface area contributed by atoms with Crippen LogP contribution in [0.2, 0.25) is 5.02 Å². The molecule has 0 amide bonds. The van der Waals surface area contributed by atoms with Gasteiger partial charge in [0.05, 0.1) is 5.69 Å². The largest absolute Gasteiger partial charge is 0.255 e. The normalized spacial score (nSPS) is 10.1. The zero-order valence-corrected chi connectivity index (χ0v) is 10.2. The Bertz CT molecular complexity index is 379. The van der Waals surface area contributed by atoms with Gasteiger partial charge in [-0.15, -0.1) is 0 Å². The van der Waals surface area contributed by atoms with Crippen molar-refractivity contribution >= 4 is 34.2 Å². The topological polar surface area (TPSA) is 12.9 Å². The smallest absolute Gasteiger partial charge is 0.0702 e. The highest BCUT2D eigenvalue weighted by molar-refractivity contribution is 14.1. The fourth-order valence-corrected chi connectivity index (χ4v) is 1.61. The molecule has 0 aliphatic carbocycles. The molecule has 1 heterocycles. The fourth-order valence-electron chi connectivity index (χ4n) is 1.17. The first-order valence-electron chi connectivity index (χ1n) is 4.13. The molecule has 0 aliphatic rings. The van der Waals surface area contributed by atoms with Crippen molar-refractivity contribution < 1.29 is 0 Å². The summed E-state index contributed by atoms with van der Waals surface area (Å²) in [4.78, 5) is 4.33. The molecule has 0 spiro atoms. The highest BCUT2D eigenvalue weighted by Crippen LogP contribution is 2.19. The quantitative estimate of drug-likeness (QED) is 0.725. The van der Waals surface area contributed by atoms with Gasteiger partial charge in [-0.05, 0) is 46.9 Å². The molecule has 1 aromatic heterocycles. The molecule has 14 heavy (non-hydrogen) atoms. The summed E-state index contributed by atoms with van der Waals surface area (Å²) >= 11 is 8.04. The van der Waals surface area contributed by atoms with E-state index in [0.717, 1.165) is 19.9 Å². The van der Waals surface area contributed by atoms with E-state index < -0.39 is 0 Å². The molecule has 0 aliphatic heterocycles. The van der Waals surface area contributed by atoms with E-state index >= 15 is 0 Å². The van der Waals surface area contributed by atoms with Crippen molar-refractivity contribution in [3.8, 4) is 11.3 Å². The van der Waals surface area contributed by atoms with E-state index in [4.69, 9.17) is 11.6 Å². The fraction of sp³-hybridized carbons (Fsp3) is 0. The Morgan fingerprint density at radius 2 is 1.71 bits per heavy atom. The molecule has 0 unspecified atom stereocenters. The molecule has 0 bridgehead atoms. The Morgan fingerprint density at radius 3 is 2.29 bits per heavy atom. The molecule has 0 saturated carbocycles. The Kier molecular flexibility index (Phi) is 3.03. The number of rotatable bonds is 1. The van der Waals surface area contributed by atoms with E-state index in [1.165, 1.54) is 0 Å². The Labute approximate surface area is 101 Å². The molecule has 3 heteroatoms. The number of hydrogen-bond acceptors (Lipinski definition) is 1. The van der Waals surface area contributed by atoms with Gasteiger partial charge >= 0.3 is 0 Å². The van der Waals surface area contributed by atoms with Crippen LogP contribution in [-0.4, -0.2) is 4.98 Å². The summed E-state index contributed by atoms with van der Waals surface area (Å²) in [7, 11) is 0. The zero-order valence-electron chi connectivity index (χ0n) is 7.24. The summed E-state index contributed by atoms with van der Waals surface area (Å²) in [6.45, 7) is 0. The molecule has 1 nitrogen and oxygen atoms in total. The zero-order chi connectivity index (χ0) is 9.97. The van der Waals surface area contributed by atoms with Gasteiger partial charge in [0.15, 0.2) is 0 Å². The second kappa shape index (κ2) is 4.28. The monoisotopic (exact) mass is 315 g/mol. The number of pyridine rings is 1. The molecule has 0 N–H and O–H groups in total. The minimum atomic E-state index is 0.749. The van der Waals surface area contributed by atoms with Crippen LogP contribution in [0.15, 0.2) is 42.6 Å². The number of hydrogen-bond donors (Lipinski definition) is 0. The maximum absolute atomic E-state index is 5.80. The molecular weight excluding hydrogens is 308 g/mol. The van der Waals surface area contributed by atoms with Crippen molar-refractivity contribution in [1.29, 1.82) is 0 Å². The second-order valence-electron chi connectivity index (χ2n) is 2.87. The molecule has 0 atom stereocenters. The third-order valence-corrected chi connectivity index (χ3v) is 2.76. The molecule has 0 radical (unpaired) electrons. The number of aromatic nitrogens is 1. The Balaban J connectivity index is 2.40. The van der Waals surface area contributed by atoms with Gasteiger partial charge < -0.3 is 0 Å². The maximum Gasteiger partial charge on any atom is 0.0702 e. The van der Waals surface area contributed by atoms with Crippen LogP contribution in [0.5, 0.6) is 0 Å². The summed E-state index contributed by atoms with van der Waals surface area (Å²) in [5.74, 6) is 0. The average molecular weight is 316 g/mol. The highest BCUT2D eigenvalue weighted by Gasteiger charge is 1.98. The van der Waals surface area contributed by atoms with Gasteiger partial charge in [-0.1, -0.05) is 23.7 Å². The summed E-state index contributed by atoms with van der Waals surface area (Å²) in [5, 5.41) is 0.749. The molecule has 70 valence electrons. The Hall–Kier alpha value is -0.610. The maximum atomic E-state index is 5.80. The van der Waals surface area contributed by atoms with Crippen molar-refractivity contribution in [2.24, 2.45) is 0 Å². The van der Waals surface area contributed by atoms with Crippen LogP contribution >= 0.6 is 34.2 Å². The lowest BCUT2D eigenvalue weighted by Gasteiger charge is -2.00. The van der Waals surface area contributed by atoms with Gasteiger partial charge in [-0.2, -0.15) is 0 Å². The van der Waals surface area contributed by atoms with Crippen LogP contribution in [0.25, 0.3) is 11.3 Å². The van der Waals surface area contributed by atoms with Gasteiger partial charge in [0, 0.05) is 20.4 Å². The van der Waals surface area contributed by atoms with Crippen LogP contribution in [0.4, 0.5) is 0 Å². The summed E-state index contributed by atoms with van der Waals surface area (Å²) in [6, 6.07) is 11.7. The van der Waals surface area contributed by atoms with E-state index in [-0.39, 0.29) is 0 Å². The van der Waals surface area contributed by atoms with E-state index in [1.807, 2.05) is 42.6 Å². The third-order valence-electron chi connectivity index (χ3n) is 1.87. The lowest BCUT2D eigenvalue weighted by Crippen LogP contribution is -1.82. The molecule has 2 rings (SSSR count).